The van der Waals surface area contributed by atoms with E-state index in [1.165, 1.54) is 0 Å². The van der Waals surface area contributed by atoms with Gasteiger partial charge in [0.05, 0.1) is 11.3 Å². The van der Waals surface area contributed by atoms with E-state index >= 15 is 0 Å². The zero-order valence-electron chi connectivity index (χ0n) is 16.0. The van der Waals surface area contributed by atoms with Crippen LogP contribution in [-0.2, 0) is 4.79 Å². The first-order valence-corrected chi connectivity index (χ1v) is 9.69. The molecule has 6 nitrogen and oxygen atoms in total. The Morgan fingerprint density at radius 2 is 1.89 bits per heavy atom. The molecule has 2 aromatic rings. The van der Waals surface area contributed by atoms with Crippen LogP contribution in [0.15, 0.2) is 48.5 Å². The third-order valence-corrected chi connectivity index (χ3v) is 4.73. The van der Waals surface area contributed by atoms with Gasteiger partial charge >= 0.3 is 0 Å². The summed E-state index contributed by atoms with van der Waals surface area (Å²) in [4.78, 5) is 38.8. The molecule has 1 saturated heterocycles. The number of carbonyl (C=O) groups excluding carboxylic acids is 3. The lowest BCUT2D eigenvalue weighted by Gasteiger charge is -2.17. The van der Waals surface area contributed by atoms with Gasteiger partial charge in [0.1, 0.15) is 0 Å². The van der Waals surface area contributed by atoms with Crippen molar-refractivity contribution < 1.29 is 14.4 Å². The highest BCUT2D eigenvalue weighted by Gasteiger charge is 2.22. The summed E-state index contributed by atoms with van der Waals surface area (Å²) in [7, 11) is 0. The number of anilines is 2. The van der Waals surface area contributed by atoms with Gasteiger partial charge in [0.2, 0.25) is 5.91 Å². The molecule has 6 heteroatoms. The molecule has 0 radical (unpaired) electrons. The van der Waals surface area contributed by atoms with Crippen molar-refractivity contribution in [3.05, 3.63) is 59.7 Å². The van der Waals surface area contributed by atoms with E-state index in [-0.39, 0.29) is 17.7 Å². The van der Waals surface area contributed by atoms with E-state index < -0.39 is 0 Å². The molecule has 1 fully saturated rings. The largest absolute Gasteiger partial charge is 0.352 e. The van der Waals surface area contributed by atoms with E-state index in [2.05, 4.69) is 17.6 Å². The van der Waals surface area contributed by atoms with Gasteiger partial charge in [-0.25, -0.2) is 0 Å². The minimum atomic E-state index is -0.317. The van der Waals surface area contributed by atoms with Crippen molar-refractivity contribution in [3.8, 4) is 0 Å². The summed E-state index contributed by atoms with van der Waals surface area (Å²) in [6.45, 7) is 3.33. The molecule has 28 heavy (non-hydrogen) atoms. The number of nitrogens with one attached hydrogen (secondary N) is 2. The fourth-order valence-corrected chi connectivity index (χ4v) is 3.19. The second kappa shape index (κ2) is 9.17. The smallest absolute Gasteiger partial charge is 0.255 e. The van der Waals surface area contributed by atoms with Crippen LogP contribution in [0.4, 0.5) is 11.4 Å². The van der Waals surface area contributed by atoms with Crippen molar-refractivity contribution in [2.24, 2.45) is 0 Å². The van der Waals surface area contributed by atoms with Gasteiger partial charge in [-0.2, -0.15) is 0 Å². The third-order valence-electron chi connectivity index (χ3n) is 4.73. The first kappa shape index (κ1) is 19.6. The molecule has 3 amide bonds. The van der Waals surface area contributed by atoms with Crippen LogP contribution in [0.25, 0.3) is 0 Å². The lowest BCUT2D eigenvalue weighted by Crippen LogP contribution is -2.26. The first-order chi connectivity index (χ1) is 13.6. The number of carbonyl (C=O) groups is 3. The molecule has 0 aromatic heterocycles. The number of para-hydroxylation sites is 1. The van der Waals surface area contributed by atoms with Crippen molar-refractivity contribution in [2.45, 2.75) is 32.6 Å². The molecule has 1 aliphatic rings. The van der Waals surface area contributed by atoms with Crippen LogP contribution in [0.5, 0.6) is 0 Å². The van der Waals surface area contributed by atoms with E-state index in [0.717, 1.165) is 24.9 Å². The minimum Gasteiger partial charge on any atom is -0.352 e. The molecule has 2 N–H and O–H groups in total. The summed E-state index contributed by atoms with van der Waals surface area (Å²) in [6, 6.07) is 13.9. The van der Waals surface area contributed by atoms with Gasteiger partial charge in [-0.3, -0.25) is 14.4 Å². The number of nitrogens with zero attached hydrogens (tertiary/aromatic N) is 1. The summed E-state index contributed by atoms with van der Waals surface area (Å²) in [5.74, 6) is -0.449. The Labute approximate surface area is 164 Å². The standard InChI is InChI=1S/C22H25N3O3/c1-2-3-13-23-22(28)18-10-4-5-11-19(18)24-21(27)16-8-6-9-17(15-16)25-14-7-12-20(25)26/h4-6,8-11,15H,2-3,7,12-14H2,1H3,(H,23,28)(H,24,27). The second-order valence-electron chi connectivity index (χ2n) is 6.81. The van der Waals surface area contributed by atoms with Crippen LogP contribution in [0.2, 0.25) is 0 Å². The maximum absolute atomic E-state index is 12.8. The second-order valence-corrected chi connectivity index (χ2v) is 6.81. The molecule has 146 valence electrons. The predicted molar refractivity (Wildman–Crippen MR) is 110 cm³/mol. The molecule has 0 atom stereocenters. The van der Waals surface area contributed by atoms with Gasteiger partial charge in [0, 0.05) is 30.8 Å². The Bertz CT molecular complexity index is 879. The summed E-state index contributed by atoms with van der Waals surface area (Å²) < 4.78 is 0. The van der Waals surface area contributed by atoms with Gasteiger partial charge in [-0.15, -0.1) is 0 Å². The van der Waals surface area contributed by atoms with E-state index in [1.807, 2.05) is 6.07 Å². The third kappa shape index (κ3) is 4.57. The van der Waals surface area contributed by atoms with Crippen LogP contribution >= 0.6 is 0 Å². The highest BCUT2D eigenvalue weighted by Crippen LogP contribution is 2.23. The normalized spacial score (nSPS) is 13.5. The zero-order valence-corrected chi connectivity index (χ0v) is 16.0. The first-order valence-electron chi connectivity index (χ1n) is 9.69. The van der Waals surface area contributed by atoms with Crippen molar-refractivity contribution >= 4 is 29.1 Å². The Hall–Kier alpha value is -3.15. The predicted octanol–water partition coefficient (Wildman–Crippen LogP) is 3.60. The Morgan fingerprint density at radius 3 is 2.64 bits per heavy atom. The Morgan fingerprint density at radius 1 is 1.07 bits per heavy atom. The number of amides is 3. The molecule has 2 aromatic carbocycles. The highest BCUT2D eigenvalue weighted by atomic mass is 16.2. The van der Waals surface area contributed by atoms with Crippen molar-refractivity contribution in [2.75, 3.05) is 23.3 Å². The molecule has 0 spiro atoms. The molecule has 3 rings (SSSR count). The zero-order chi connectivity index (χ0) is 19.9. The summed E-state index contributed by atoms with van der Waals surface area (Å²) in [5, 5.41) is 5.69. The fraction of sp³-hybridized carbons (Fsp3) is 0.318. The number of rotatable bonds is 7. The fourth-order valence-electron chi connectivity index (χ4n) is 3.19. The van der Waals surface area contributed by atoms with Gasteiger partial charge in [0.25, 0.3) is 11.8 Å². The van der Waals surface area contributed by atoms with Crippen molar-refractivity contribution in [1.29, 1.82) is 0 Å². The maximum Gasteiger partial charge on any atom is 0.255 e. The molecule has 1 aliphatic heterocycles. The molecular formula is C22H25N3O3. The van der Waals surface area contributed by atoms with Crippen molar-refractivity contribution in [1.82, 2.24) is 5.32 Å². The number of hydrogen-bond donors (Lipinski definition) is 2. The SMILES string of the molecule is CCCCNC(=O)c1ccccc1NC(=O)c1cccc(N2CCCC2=O)c1. The van der Waals surface area contributed by atoms with Gasteiger partial charge < -0.3 is 15.5 Å². The molecular weight excluding hydrogens is 354 g/mol. The average molecular weight is 379 g/mol. The maximum atomic E-state index is 12.8. The van der Waals surface area contributed by atoms with E-state index in [4.69, 9.17) is 0 Å². The monoisotopic (exact) mass is 379 g/mol. The van der Waals surface area contributed by atoms with Crippen molar-refractivity contribution in [3.63, 3.8) is 0 Å². The molecule has 0 saturated carbocycles. The Balaban J connectivity index is 1.75. The molecule has 0 bridgehead atoms. The molecule has 0 aliphatic carbocycles. The summed E-state index contributed by atoms with van der Waals surface area (Å²) in [6.07, 6.45) is 3.27. The van der Waals surface area contributed by atoms with Crippen LogP contribution in [0.1, 0.15) is 53.3 Å². The lowest BCUT2D eigenvalue weighted by atomic mass is 10.1. The van der Waals surface area contributed by atoms with Crippen LogP contribution in [-0.4, -0.2) is 30.8 Å². The van der Waals surface area contributed by atoms with E-state index in [0.29, 0.717) is 36.3 Å². The topological polar surface area (TPSA) is 78.5 Å². The lowest BCUT2D eigenvalue weighted by molar-refractivity contribution is -0.117. The number of benzene rings is 2. The summed E-state index contributed by atoms with van der Waals surface area (Å²) >= 11 is 0. The van der Waals surface area contributed by atoms with Crippen LogP contribution < -0.4 is 15.5 Å². The Kier molecular flexibility index (Phi) is 6.42. The van der Waals surface area contributed by atoms with Gasteiger partial charge in [0.15, 0.2) is 0 Å². The minimum absolute atomic E-state index is 0.0756. The van der Waals surface area contributed by atoms with E-state index in [1.54, 1.807) is 47.4 Å². The van der Waals surface area contributed by atoms with Crippen LogP contribution in [0.3, 0.4) is 0 Å². The highest BCUT2D eigenvalue weighted by molar-refractivity contribution is 6.09. The quantitative estimate of drug-likeness (QED) is 0.722. The van der Waals surface area contributed by atoms with Crippen LogP contribution in [0, 0.1) is 0 Å². The van der Waals surface area contributed by atoms with E-state index in [9.17, 15) is 14.4 Å². The molecule has 0 unspecified atom stereocenters. The summed E-state index contributed by atoms with van der Waals surface area (Å²) in [5.41, 5.74) is 2.06. The average Bonchev–Trinajstić information content (AvgIpc) is 3.14. The molecule has 1 heterocycles. The number of hydrogen-bond acceptors (Lipinski definition) is 3. The van der Waals surface area contributed by atoms with Gasteiger partial charge in [-0.05, 0) is 43.2 Å². The van der Waals surface area contributed by atoms with Gasteiger partial charge in [-0.1, -0.05) is 31.5 Å². The number of unbranched alkanes of at least 4 members (excludes halogenated alkanes) is 1.